The lowest BCUT2D eigenvalue weighted by atomic mass is 9.84. The molecule has 1 heterocycles. The Morgan fingerprint density at radius 1 is 1.07 bits per heavy atom. The number of nitrogens with zero attached hydrogens (tertiary/aromatic N) is 2. The van der Waals surface area contributed by atoms with Crippen LogP contribution < -0.4 is 16.1 Å². The van der Waals surface area contributed by atoms with Gasteiger partial charge in [0.15, 0.2) is 0 Å². The number of hydroxylamine groups is 1. The largest absolute Gasteiger partial charge is 0.344 e. The van der Waals surface area contributed by atoms with Crippen LogP contribution in [0.4, 0.5) is 10.1 Å². The molecule has 3 aromatic rings. The van der Waals surface area contributed by atoms with E-state index in [1.807, 2.05) is 38.5 Å². The zero-order valence-corrected chi connectivity index (χ0v) is 23.5. The molecule has 4 rings (SSSR count). The van der Waals surface area contributed by atoms with Gasteiger partial charge in [0.05, 0.1) is 11.0 Å². The molecule has 1 aliphatic carbocycles. The molecule has 40 heavy (non-hydrogen) atoms. The van der Waals surface area contributed by atoms with Gasteiger partial charge in [-0.2, -0.15) is 0 Å². The number of aromatic nitrogens is 2. The number of halogens is 1. The van der Waals surface area contributed by atoms with Crippen molar-refractivity contribution in [1.82, 2.24) is 20.3 Å². The average Bonchev–Trinajstić information content (AvgIpc) is 3.53. The quantitative estimate of drug-likeness (QED) is 0.221. The molecule has 10 heteroatoms. The van der Waals surface area contributed by atoms with E-state index in [9.17, 15) is 18.8 Å². The first kappa shape index (κ1) is 29.2. The Hall–Kier alpha value is -3.79. The summed E-state index contributed by atoms with van der Waals surface area (Å²) in [5, 5.41) is 14.9. The molecule has 2 aromatic carbocycles. The lowest BCUT2D eigenvalue weighted by Crippen LogP contribution is -2.53. The third-order valence-corrected chi connectivity index (χ3v) is 7.69. The minimum absolute atomic E-state index is 0.149. The molecule has 0 radical (unpaired) electrons. The molecule has 0 aliphatic heterocycles. The van der Waals surface area contributed by atoms with Gasteiger partial charge in [-0.1, -0.05) is 46.5 Å². The number of imidazole rings is 1. The van der Waals surface area contributed by atoms with E-state index in [-0.39, 0.29) is 24.1 Å². The van der Waals surface area contributed by atoms with Crippen LogP contribution in [0.15, 0.2) is 42.5 Å². The van der Waals surface area contributed by atoms with Crippen molar-refractivity contribution in [3.8, 4) is 11.4 Å². The number of carbonyl (C=O) groups is 3. The highest BCUT2D eigenvalue weighted by molar-refractivity contribution is 5.99. The first-order valence-corrected chi connectivity index (χ1v) is 13.7. The number of rotatable bonds is 9. The van der Waals surface area contributed by atoms with E-state index in [1.165, 1.54) is 12.1 Å². The van der Waals surface area contributed by atoms with Crippen LogP contribution >= 0.6 is 0 Å². The predicted molar refractivity (Wildman–Crippen MR) is 151 cm³/mol. The van der Waals surface area contributed by atoms with Gasteiger partial charge < -0.3 is 15.2 Å². The summed E-state index contributed by atoms with van der Waals surface area (Å²) in [5.41, 5.74) is 3.79. The summed E-state index contributed by atoms with van der Waals surface area (Å²) < 4.78 is 15.3. The van der Waals surface area contributed by atoms with E-state index in [1.54, 1.807) is 29.7 Å². The van der Waals surface area contributed by atoms with Gasteiger partial charge in [-0.3, -0.25) is 19.6 Å². The summed E-state index contributed by atoms with van der Waals surface area (Å²) in [6, 6.07) is 10.6. The molecule has 1 aliphatic rings. The van der Waals surface area contributed by atoms with Crippen LogP contribution in [-0.2, 0) is 21.4 Å². The molecule has 0 bridgehead atoms. The smallest absolute Gasteiger partial charge is 0.247 e. The van der Waals surface area contributed by atoms with E-state index in [2.05, 4.69) is 10.6 Å². The summed E-state index contributed by atoms with van der Waals surface area (Å²) in [4.78, 5) is 43.5. The molecule has 0 unspecified atom stereocenters. The second kappa shape index (κ2) is 12.2. The molecule has 0 spiro atoms. The van der Waals surface area contributed by atoms with Crippen molar-refractivity contribution < 1.29 is 24.0 Å². The summed E-state index contributed by atoms with van der Waals surface area (Å²) in [7, 11) is 1.87. The van der Waals surface area contributed by atoms with Gasteiger partial charge in [-0.25, -0.2) is 14.9 Å². The molecule has 1 aromatic heterocycles. The molecule has 214 valence electrons. The second-order valence-electron chi connectivity index (χ2n) is 11.8. The lowest BCUT2D eigenvalue weighted by molar-refractivity contribution is -0.137. The van der Waals surface area contributed by atoms with Crippen LogP contribution in [0.1, 0.15) is 59.3 Å². The topological polar surface area (TPSA) is 125 Å². The summed E-state index contributed by atoms with van der Waals surface area (Å²) in [5.74, 6) is -1.36. The number of hydrogen-bond acceptors (Lipinski definition) is 5. The summed E-state index contributed by atoms with van der Waals surface area (Å²) >= 11 is 0. The minimum Gasteiger partial charge on any atom is -0.344 e. The van der Waals surface area contributed by atoms with Crippen LogP contribution in [0, 0.1) is 23.1 Å². The van der Waals surface area contributed by atoms with Crippen LogP contribution in [0.5, 0.6) is 0 Å². The van der Waals surface area contributed by atoms with Crippen molar-refractivity contribution in [2.75, 3.05) is 5.32 Å². The van der Waals surface area contributed by atoms with Gasteiger partial charge in [-0.15, -0.1) is 0 Å². The van der Waals surface area contributed by atoms with Crippen LogP contribution in [0.2, 0.25) is 0 Å². The van der Waals surface area contributed by atoms with Crippen LogP contribution in [0.25, 0.3) is 22.4 Å². The highest BCUT2D eigenvalue weighted by Crippen LogP contribution is 2.32. The molecule has 1 saturated carbocycles. The van der Waals surface area contributed by atoms with E-state index in [0.29, 0.717) is 29.4 Å². The number of anilines is 1. The number of nitrogens with one attached hydrogen (secondary N) is 3. The zero-order chi connectivity index (χ0) is 29.0. The van der Waals surface area contributed by atoms with Crippen LogP contribution in [0.3, 0.4) is 0 Å². The van der Waals surface area contributed by atoms with Crippen molar-refractivity contribution in [3.63, 3.8) is 0 Å². The van der Waals surface area contributed by atoms with Gasteiger partial charge >= 0.3 is 0 Å². The van der Waals surface area contributed by atoms with Crippen molar-refractivity contribution in [2.45, 2.75) is 65.3 Å². The van der Waals surface area contributed by atoms with Crippen molar-refractivity contribution in [1.29, 1.82) is 0 Å². The molecule has 3 amide bonds. The third-order valence-electron chi connectivity index (χ3n) is 7.69. The molecule has 2 atom stereocenters. The Labute approximate surface area is 233 Å². The first-order chi connectivity index (χ1) is 19.0. The molecule has 4 N–H and O–H groups in total. The second-order valence-corrected chi connectivity index (χ2v) is 11.8. The number of benzene rings is 2. The SMILES string of the molecule is Cn1c(-c2ccc(F)cc2)nc2cc(NC(=O)[C@@H](NC(=O)[C@@H](CC(=O)NO)CC3CCCC3)C(C)(C)C)ccc21. The van der Waals surface area contributed by atoms with E-state index < -0.39 is 23.3 Å². The third kappa shape index (κ3) is 6.85. The van der Waals surface area contributed by atoms with Gasteiger partial charge in [-0.05, 0) is 60.2 Å². The van der Waals surface area contributed by atoms with E-state index in [0.717, 1.165) is 36.8 Å². The van der Waals surface area contributed by atoms with Crippen LogP contribution in [-0.4, -0.2) is 38.5 Å². The number of hydrogen-bond donors (Lipinski definition) is 4. The number of carbonyl (C=O) groups excluding carboxylic acids is 3. The zero-order valence-electron chi connectivity index (χ0n) is 23.5. The average molecular weight is 552 g/mol. The molecule has 1 fully saturated rings. The fraction of sp³-hybridized carbons (Fsp3) is 0.467. The van der Waals surface area contributed by atoms with Crippen molar-refractivity contribution in [2.24, 2.45) is 24.3 Å². The maximum Gasteiger partial charge on any atom is 0.247 e. The normalized spacial score (nSPS) is 15.6. The monoisotopic (exact) mass is 551 g/mol. The summed E-state index contributed by atoms with van der Waals surface area (Å²) in [6.07, 6.45) is 4.60. The predicted octanol–water partition coefficient (Wildman–Crippen LogP) is 4.94. The Balaban J connectivity index is 1.52. The highest BCUT2D eigenvalue weighted by atomic mass is 19.1. The summed E-state index contributed by atoms with van der Waals surface area (Å²) in [6.45, 7) is 5.59. The number of aryl methyl sites for hydroxylation is 1. The van der Waals surface area contributed by atoms with E-state index in [4.69, 9.17) is 10.2 Å². The Morgan fingerprint density at radius 3 is 2.38 bits per heavy atom. The number of fused-ring (bicyclic) bond motifs is 1. The fourth-order valence-corrected chi connectivity index (χ4v) is 5.49. The Bertz CT molecular complexity index is 1370. The molecular weight excluding hydrogens is 513 g/mol. The van der Waals surface area contributed by atoms with Crippen molar-refractivity contribution >= 4 is 34.4 Å². The fourth-order valence-electron chi connectivity index (χ4n) is 5.49. The van der Waals surface area contributed by atoms with Gasteiger partial charge in [0.1, 0.15) is 17.7 Å². The Morgan fingerprint density at radius 2 is 1.75 bits per heavy atom. The number of amides is 3. The first-order valence-electron chi connectivity index (χ1n) is 13.7. The maximum absolute atomic E-state index is 13.5. The van der Waals surface area contributed by atoms with Crippen molar-refractivity contribution in [3.05, 3.63) is 48.3 Å². The molecular formula is C30H38FN5O4. The highest BCUT2D eigenvalue weighted by Gasteiger charge is 2.36. The van der Waals surface area contributed by atoms with Gasteiger partial charge in [0.25, 0.3) is 0 Å². The lowest BCUT2D eigenvalue weighted by Gasteiger charge is -2.32. The van der Waals surface area contributed by atoms with Gasteiger partial charge in [0.2, 0.25) is 17.7 Å². The standard InChI is InChI=1S/C30H38FN5O4/c1-30(2,3)26(34-28(38)20(16-25(37)35-40)15-18-7-5-6-8-18)29(39)32-22-13-14-24-23(17-22)33-27(36(24)4)19-9-11-21(31)12-10-19/h9-14,17-18,20,26,40H,5-8,15-16H2,1-4H3,(H,32,39)(H,34,38)(H,35,37)/t20-,26-/m1/s1. The van der Waals surface area contributed by atoms with E-state index >= 15 is 0 Å². The Kier molecular flexibility index (Phi) is 8.88. The molecule has 0 saturated heterocycles. The maximum atomic E-state index is 13.5. The van der Waals surface area contributed by atoms with Gasteiger partial charge in [0, 0.05) is 30.6 Å². The molecule has 9 nitrogen and oxygen atoms in total. The minimum atomic E-state index is -0.877.